The Bertz CT molecular complexity index is 526. The third kappa shape index (κ3) is 2.13. The van der Waals surface area contributed by atoms with E-state index in [9.17, 15) is 4.79 Å². The van der Waals surface area contributed by atoms with Gasteiger partial charge in [-0.15, -0.1) is 11.8 Å². The molecule has 5 heteroatoms. The standard InChI is InChI=1S/C13H13N3OS/c17-12-9-18-13(11-5-3-7-15-11)16(12)8-10-4-1-2-6-14-10/h1-7,13,15H,8-9H2. The third-order valence-electron chi connectivity index (χ3n) is 2.91. The first-order valence-corrected chi connectivity index (χ1v) is 6.84. The van der Waals surface area contributed by atoms with Crippen molar-refractivity contribution < 1.29 is 4.79 Å². The zero-order chi connectivity index (χ0) is 12.4. The minimum atomic E-state index is 0.0782. The van der Waals surface area contributed by atoms with Crippen molar-refractivity contribution in [2.45, 2.75) is 11.9 Å². The van der Waals surface area contributed by atoms with Crippen molar-refractivity contribution in [3.8, 4) is 0 Å². The van der Waals surface area contributed by atoms with Gasteiger partial charge < -0.3 is 9.88 Å². The van der Waals surface area contributed by atoms with Crippen molar-refractivity contribution in [3.63, 3.8) is 0 Å². The van der Waals surface area contributed by atoms with Gasteiger partial charge in [-0.25, -0.2) is 0 Å². The number of carbonyl (C=O) groups is 1. The second-order valence-corrected chi connectivity index (χ2v) is 5.20. The number of aromatic amines is 1. The zero-order valence-corrected chi connectivity index (χ0v) is 10.6. The van der Waals surface area contributed by atoms with E-state index in [0.717, 1.165) is 11.4 Å². The zero-order valence-electron chi connectivity index (χ0n) is 9.74. The van der Waals surface area contributed by atoms with Gasteiger partial charge in [-0.1, -0.05) is 6.07 Å². The summed E-state index contributed by atoms with van der Waals surface area (Å²) in [6, 6.07) is 9.74. The van der Waals surface area contributed by atoms with Crippen molar-refractivity contribution in [1.29, 1.82) is 0 Å². The molecular weight excluding hydrogens is 246 g/mol. The van der Waals surface area contributed by atoms with Gasteiger partial charge in [-0.05, 0) is 24.3 Å². The molecule has 3 rings (SSSR count). The summed E-state index contributed by atoms with van der Waals surface area (Å²) in [5.74, 6) is 0.710. The summed E-state index contributed by atoms with van der Waals surface area (Å²) in [6.45, 7) is 0.566. The van der Waals surface area contributed by atoms with Crippen LogP contribution >= 0.6 is 11.8 Å². The Morgan fingerprint density at radius 2 is 2.33 bits per heavy atom. The van der Waals surface area contributed by atoms with Crippen LogP contribution in [0.4, 0.5) is 0 Å². The van der Waals surface area contributed by atoms with E-state index in [0.29, 0.717) is 12.3 Å². The Morgan fingerprint density at radius 3 is 3.06 bits per heavy atom. The van der Waals surface area contributed by atoms with Gasteiger partial charge >= 0.3 is 0 Å². The highest BCUT2D eigenvalue weighted by Crippen LogP contribution is 2.38. The van der Waals surface area contributed by atoms with Gasteiger partial charge in [-0.2, -0.15) is 0 Å². The molecule has 0 aromatic carbocycles. The molecule has 1 aliphatic heterocycles. The number of nitrogens with one attached hydrogen (secondary N) is 1. The molecule has 92 valence electrons. The average molecular weight is 259 g/mol. The molecule has 1 N–H and O–H groups in total. The van der Waals surface area contributed by atoms with Crippen LogP contribution in [-0.2, 0) is 11.3 Å². The van der Waals surface area contributed by atoms with Crippen LogP contribution in [0.25, 0.3) is 0 Å². The van der Waals surface area contributed by atoms with Crippen LogP contribution in [0.5, 0.6) is 0 Å². The lowest BCUT2D eigenvalue weighted by atomic mass is 10.3. The van der Waals surface area contributed by atoms with E-state index in [4.69, 9.17) is 0 Å². The summed E-state index contributed by atoms with van der Waals surface area (Å²) >= 11 is 1.65. The van der Waals surface area contributed by atoms with E-state index < -0.39 is 0 Å². The molecule has 18 heavy (non-hydrogen) atoms. The van der Waals surface area contributed by atoms with Crippen LogP contribution in [-0.4, -0.2) is 26.5 Å². The van der Waals surface area contributed by atoms with E-state index in [1.54, 1.807) is 18.0 Å². The van der Waals surface area contributed by atoms with Crippen LogP contribution < -0.4 is 0 Å². The molecule has 1 unspecified atom stereocenters. The molecule has 1 saturated heterocycles. The number of H-pyrrole nitrogens is 1. The Labute approximate surface area is 109 Å². The molecule has 0 saturated carbocycles. The molecule has 0 aliphatic carbocycles. The number of hydrogen-bond acceptors (Lipinski definition) is 3. The first kappa shape index (κ1) is 11.3. The summed E-state index contributed by atoms with van der Waals surface area (Å²) in [5, 5.41) is 0.0782. The second-order valence-electron chi connectivity index (χ2n) is 4.13. The van der Waals surface area contributed by atoms with Crippen LogP contribution in [0.3, 0.4) is 0 Å². The van der Waals surface area contributed by atoms with Gasteiger partial charge in [0.05, 0.1) is 18.0 Å². The quantitative estimate of drug-likeness (QED) is 0.919. The average Bonchev–Trinajstić information content (AvgIpc) is 3.02. The van der Waals surface area contributed by atoms with Gasteiger partial charge in [0.25, 0.3) is 0 Å². The lowest BCUT2D eigenvalue weighted by Crippen LogP contribution is -2.28. The second kappa shape index (κ2) is 4.86. The number of carbonyl (C=O) groups excluding carboxylic acids is 1. The summed E-state index contributed by atoms with van der Waals surface area (Å²) in [5.41, 5.74) is 1.99. The van der Waals surface area contributed by atoms with E-state index >= 15 is 0 Å². The number of nitrogens with zero attached hydrogens (tertiary/aromatic N) is 2. The molecule has 1 atom stereocenters. The number of rotatable bonds is 3. The highest BCUT2D eigenvalue weighted by atomic mass is 32.2. The fourth-order valence-electron chi connectivity index (χ4n) is 2.05. The number of aromatic nitrogens is 2. The first-order chi connectivity index (χ1) is 8.84. The molecule has 0 radical (unpaired) electrons. The predicted octanol–water partition coefficient (Wildman–Crippen LogP) is 2.18. The minimum absolute atomic E-state index is 0.0782. The summed E-state index contributed by atoms with van der Waals surface area (Å²) in [7, 11) is 0. The smallest absolute Gasteiger partial charge is 0.234 e. The van der Waals surface area contributed by atoms with Crippen molar-refractivity contribution in [2.24, 2.45) is 0 Å². The van der Waals surface area contributed by atoms with Crippen LogP contribution in [0.15, 0.2) is 42.7 Å². The van der Waals surface area contributed by atoms with Gasteiger partial charge in [-0.3, -0.25) is 9.78 Å². The fourth-order valence-corrected chi connectivity index (χ4v) is 3.21. The molecule has 1 amide bonds. The van der Waals surface area contributed by atoms with Gasteiger partial charge in [0.15, 0.2) is 0 Å². The van der Waals surface area contributed by atoms with Crippen molar-refractivity contribution in [1.82, 2.24) is 14.9 Å². The monoisotopic (exact) mass is 259 g/mol. The Kier molecular flexibility index (Phi) is 3.06. The highest BCUT2D eigenvalue weighted by molar-refractivity contribution is 8.00. The largest absolute Gasteiger partial charge is 0.363 e. The molecule has 0 spiro atoms. The molecule has 4 nitrogen and oxygen atoms in total. The van der Waals surface area contributed by atoms with E-state index in [1.165, 1.54) is 0 Å². The molecule has 0 bridgehead atoms. The Hall–Kier alpha value is -1.75. The van der Waals surface area contributed by atoms with E-state index in [1.807, 2.05) is 41.4 Å². The van der Waals surface area contributed by atoms with Gasteiger partial charge in [0.1, 0.15) is 5.37 Å². The first-order valence-electron chi connectivity index (χ1n) is 5.79. The van der Waals surface area contributed by atoms with Crippen molar-refractivity contribution in [3.05, 3.63) is 54.1 Å². The number of amides is 1. The summed E-state index contributed by atoms with van der Waals surface area (Å²) in [4.78, 5) is 21.3. The Balaban J connectivity index is 1.82. The molecule has 1 fully saturated rings. The number of hydrogen-bond donors (Lipinski definition) is 1. The van der Waals surface area contributed by atoms with Crippen molar-refractivity contribution >= 4 is 17.7 Å². The van der Waals surface area contributed by atoms with Gasteiger partial charge in [0.2, 0.25) is 5.91 Å². The molecule has 3 heterocycles. The number of thioether (sulfide) groups is 1. The maximum absolute atomic E-state index is 11.9. The predicted molar refractivity (Wildman–Crippen MR) is 70.8 cm³/mol. The van der Waals surface area contributed by atoms with Crippen LogP contribution in [0.1, 0.15) is 16.8 Å². The molecule has 2 aromatic heterocycles. The number of pyridine rings is 1. The van der Waals surface area contributed by atoms with Gasteiger partial charge in [0, 0.05) is 18.1 Å². The summed E-state index contributed by atoms with van der Waals surface area (Å²) < 4.78 is 0. The normalized spacial score (nSPS) is 19.4. The minimum Gasteiger partial charge on any atom is -0.363 e. The van der Waals surface area contributed by atoms with E-state index in [-0.39, 0.29) is 11.3 Å². The van der Waals surface area contributed by atoms with Crippen molar-refractivity contribution in [2.75, 3.05) is 5.75 Å². The highest BCUT2D eigenvalue weighted by Gasteiger charge is 2.33. The van der Waals surface area contributed by atoms with Crippen LogP contribution in [0.2, 0.25) is 0 Å². The maximum atomic E-state index is 11.9. The van der Waals surface area contributed by atoms with E-state index in [2.05, 4.69) is 9.97 Å². The SMILES string of the molecule is O=C1CSC(c2ccc[nH]2)N1Cc1ccccn1. The lowest BCUT2D eigenvalue weighted by molar-refractivity contribution is -0.128. The Morgan fingerprint density at radius 1 is 1.39 bits per heavy atom. The lowest BCUT2D eigenvalue weighted by Gasteiger charge is -2.22. The van der Waals surface area contributed by atoms with Crippen LogP contribution in [0, 0.1) is 0 Å². The molecule has 1 aliphatic rings. The third-order valence-corrected chi connectivity index (χ3v) is 4.15. The molecule has 2 aromatic rings. The maximum Gasteiger partial charge on any atom is 0.234 e. The summed E-state index contributed by atoms with van der Waals surface area (Å²) in [6.07, 6.45) is 3.64. The molecular formula is C13H13N3OS. The fraction of sp³-hybridized carbons (Fsp3) is 0.231. The topological polar surface area (TPSA) is 49.0 Å².